The smallest absolute Gasteiger partial charge is 0.0864 e. The highest BCUT2D eigenvalue weighted by atomic mass is 19.0. The molecule has 1 aromatic carbocycles. The molecular formula is C11H17FN2. The van der Waals surface area contributed by atoms with Crippen LogP contribution in [-0.4, -0.2) is 13.1 Å². The summed E-state index contributed by atoms with van der Waals surface area (Å²) in [4.78, 5) is 2.37. The lowest BCUT2D eigenvalue weighted by Gasteiger charge is -2.20. The Morgan fingerprint density at radius 3 is 2.36 bits per heavy atom. The van der Waals surface area contributed by atoms with Crippen molar-refractivity contribution in [2.75, 3.05) is 23.3 Å². The fourth-order valence-electron chi connectivity index (χ4n) is 1.78. The van der Waals surface area contributed by atoms with Gasteiger partial charge in [0.15, 0.2) is 0 Å². The third-order valence-electron chi connectivity index (χ3n) is 2.68. The summed E-state index contributed by atoms with van der Waals surface area (Å²) < 4.78 is 0. The molecule has 0 saturated carbocycles. The van der Waals surface area contributed by atoms with E-state index in [1.807, 2.05) is 0 Å². The maximum absolute atomic E-state index is 3.33. The van der Waals surface area contributed by atoms with Crippen LogP contribution in [0.15, 0.2) is 12.1 Å². The zero-order valence-corrected chi connectivity index (χ0v) is 8.92. The molecule has 1 aliphatic heterocycles. The number of halogens is 1. The van der Waals surface area contributed by atoms with Gasteiger partial charge in [-0.3, -0.25) is 4.70 Å². The molecular weight excluding hydrogens is 179 g/mol. The maximum Gasteiger partial charge on any atom is 0.0864 e. The highest BCUT2D eigenvalue weighted by molar-refractivity contribution is 6.01. The Hall–Kier alpha value is -1.25. The summed E-state index contributed by atoms with van der Waals surface area (Å²) in [5, 5.41) is 3.33. The number of benzene rings is 1. The molecule has 3 heteroatoms. The molecule has 1 aromatic rings. The minimum atomic E-state index is 0. The van der Waals surface area contributed by atoms with Crippen LogP contribution in [0.1, 0.15) is 19.4 Å². The van der Waals surface area contributed by atoms with E-state index < -0.39 is 0 Å². The fraction of sp³-hybridized carbons (Fsp3) is 0.455. The minimum absolute atomic E-state index is 0. The van der Waals surface area contributed by atoms with Crippen LogP contribution in [0.4, 0.5) is 21.8 Å². The standard InChI is InChI=1S/C11H16N2.FH/c1-4-13(5-2)9-7-6-8(3)10-11(9)12-10;/h6-7,12H,4-5H2,1-3H3;1H. The number of rotatable bonds is 3. The molecule has 0 amide bonds. The Labute approximate surface area is 84.3 Å². The van der Waals surface area contributed by atoms with E-state index >= 15 is 0 Å². The fourth-order valence-corrected chi connectivity index (χ4v) is 1.78. The van der Waals surface area contributed by atoms with E-state index in [0.29, 0.717) is 0 Å². The predicted molar refractivity (Wildman–Crippen MR) is 60.5 cm³/mol. The summed E-state index contributed by atoms with van der Waals surface area (Å²) >= 11 is 0. The summed E-state index contributed by atoms with van der Waals surface area (Å²) in [7, 11) is 0. The SMILES string of the molecule is CCN(CC)c1ccc(C)c2c1N2.F. The van der Waals surface area contributed by atoms with Crippen molar-refractivity contribution in [1.29, 1.82) is 0 Å². The highest BCUT2D eigenvalue weighted by Gasteiger charge is 2.24. The van der Waals surface area contributed by atoms with E-state index in [-0.39, 0.29) is 4.70 Å². The van der Waals surface area contributed by atoms with Gasteiger partial charge in [0.05, 0.1) is 17.1 Å². The highest BCUT2D eigenvalue weighted by Crippen LogP contribution is 2.48. The van der Waals surface area contributed by atoms with Crippen LogP contribution in [0.2, 0.25) is 0 Å². The summed E-state index contributed by atoms with van der Waals surface area (Å²) in [5.74, 6) is 0. The normalized spacial score (nSPS) is 11.1. The van der Waals surface area contributed by atoms with E-state index in [9.17, 15) is 0 Å². The van der Waals surface area contributed by atoms with Crippen molar-refractivity contribution >= 4 is 17.1 Å². The molecule has 0 fully saturated rings. The van der Waals surface area contributed by atoms with E-state index in [1.54, 1.807) is 0 Å². The average molecular weight is 196 g/mol. The maximum atomic E-state index is 3.33. The van der Waals surface area contributed by atoms with Gasteiger partial charge < -0.3 is 10.2 Å². The van der Waals surface area contributed by atoms with Gasteiger partial charge in [0.25, 0.3) is 0 Å². The van der Waals surface area contributed by atoms with Crippen LogP contribution >= 0.6 is 0 Å². The first-order valence-electron chi connectivity index (χ1n) is 4.93. The number of fused-ring (bicyclic) bond motifs is 1. The van der Waals surface area contributed by atoms with E-state index in [0.717, 1.165) is 13.1 Å². The molecule has 1 heterocycles. The molecule has 0 aromatic heterocycles. The van der Waals surface area contributed by atoms with Crippen molar-refractivity contribution in [2.24, 2.45) is 0 Å². The van der Waals surface area contributed by atoms with Crippen LogP contribution < -0.4 is 10.2 Å². The number of nitrogens with one attached hydrogen (secondary N) is 1. The zero-order valence-electron chi connectivity index (χ0n) is 8.92. The molecule has 0 saturated heterocycles. The lowest BCUT2D eigenvalue weighted by Crippen LogP contribution is -2.21. The predicted octanol–water partition coefficient (Wildman–Crippen LogP) is 3.05. The molecule has 0 bridgehead atoms. The number of aryl methyl sites for hydroxylation is 1. The van der Waals surface area contributed by atoms with Gasteiger partial charge in [-0.1, -0.05) is 6.07 Å². The third kappa shape index (κ3) is 1.54. The minimum Gasteiger partial charge on any atom is -0.370 e. The van der Waals surface area contributed by atoms with Crippen LogP contribution in [-0.2, 0) is 0 Å². The molecule has 0 spiro atoms. The quantitative estimate of drug-likeness (QED) is 0.763. The average Bonchev–Trinajstić information content (AvgIpc) is 2.91. The molecule has 0 aliphatic carbocycles. The van der Waals surface area contributed by atoms with Gasteiger partial charge in [-0.25, -0.2) is 0 Å². The van der Waals surface area contributed by atoms with Crippen LogP contribution in [0.25, 0.3) is 0 Å². The van der Waals surface area contributed by atoms with Gasteiger partial charge in [-0.05, 0) is 32.4 Å². The van der Waals surface area contributed by atoms with Crippen molar-refractivity contribution < 1.29 is 4.70 Å². The van der Waals surface area contributed by atoms with Gasteiger partial charge in [0.2, 0.25) is 0 Å². The largest absolute Gasteiger partial charge is 0.370 e. The second-order valence-corrected chi connectivity index (χ2v) is 3.45. The third-order valence-corrected chi connectivity index (χ3v) is 2.68. The van der Waals surface area contributed by atoms with E-state index in [2.05, 4.69) is 43.1 Å². The van der Waals surface area contributed by atoms with Gasteiger partial charge in [-0.15, -0.1) is 0 Å². The molecule has 2 nitrogen and oxygen atoms in total. The number of anilines is 3. The first-order chi connectivity index (χ1) is 6.27. The first kappa shape index (κ1) is 10.8. The Bertz CT molecular complexity index is 332. The Balaban J connectivity index is 0.000000980. The number of hydrogen-bond donors (Lipinski definition) is 1. The van der Waals surface area contributed by atoms with Crippen molar-refractivity contribution in [3.63, 3.8) is 0 Å². The van der Waals surface area contributed by atoms with Gasteiger partial charge >= 0.3 is 0 Å². The molecule has 78 valence electrons. The van der Waals surface area contributed by atoms with Crippen molar-refractivity contribution in [2.45, 2.75) is 20.8 Å². The Morgan fingerprint density at radius 2 is 1.79 bits per heavy atom. The topological polar surface area (TPSA) is 25.2 Å². The summed E-state index contributed by atoms with van der Waals surface area (Å²) in [6.45, 7) is 8.68. The molecule has 14 heavy (non-hydrogen) atoms. The molecule has 2 rings (SSSR count). The monoisotopic (exact) mass is 196 g/mol. The van der Waals surface area contributed by atoms with E-state index in [1.165, 1.54) is 22.6 Å². The molecule has 1 aliphatic rings. The summed E-state index contributed by atoms with van der Waals surface area (Å²) in [5.41, 5.74) is 5.38. The van der Waals surface area contributed by atoms with Crippen LogP contribution in [0.3, 0.4) is 0 Å². The molecule has 0 radical (unpaired) electrons. The lowest BCUT2D eigenvalue weighted by atomic mass is 10.2. The van der Waals surface area contributed by atoms with Crippen molar-refractivity contribution in [3.8, 4) is 0 Å². The summed E-state index contributed by atoms with van der Waals surface area (Å²) in [6.07, 6.45) is 0. The molecule has 0 atom stereocenters. The first-order valence-corrected chi connectivity index (χ1v) is 4.93. The zero-order chi connectivity index (χ0) is 9.42. The van der Waals surface area contributed by atoms with Crippen LogP contribution in [0.5, 0.6) is 0 Å². The van der Waals surface area contributed by atoms with Crippen LogP contribution in [0, 0.1) is 6.92 Å². The second-order valence-electron chi connectivity index (χ2n) is 3.45. The molecule has 0 unspecified atom stereocenters. The summed E-state index contributed by atoms with van der Waals surface area (Å²) in [6, 6.07) is 4.40. The van der Waals surface area contributed by atoms with Crippen molar-refractivity contribution in [1.82, 2.24) is 0 Å². The number of hydrogen-bond acceptors (Lipinski definition) is 2. The van der Waals surface area contributed by atoms with Gasteiger partial charge in [0.1, 0.15) is 0 Å². The number of nitrogens with zero attached hydrogens (tertiary/aromatic N) is 1. The lowest BCUT2D eigenvalue weighted by molar-refractivity contribution is 0.869. The van der Waals surface area contributed by atoms with Crippen molar-refractivity contribution in [3.05, 3.63) is 17.7 Å². The Morgan fingerprint density at radius 1 is 1.14 bits per heavy atom. The van der Waals surface area contributed by atoms with Gasteiger partial charge in [-0.2, -0.15) is 0 Å². The van der Waals surface area contributed by atoms with E-state index in [4.69, 9.17) is 0 Å². The van der Waals surface area contributed by atoms with Gasteiger partial charge in [0, 0.05) is 13.1 Å². The second kappa shape index (κ2) is 3.86. The molecule has 1 N–H and O–H groups in total. The Kier molecular flexibility index (Phi) is 2.99.